The first kappa shape index (κ1) is 17.8. The van der Waals surface area contributed by atoms with E-state index in [0.717, 1.165) is 35.8 Å². The number of nitrogen functional groups attached to an aromatic ring is 1. The van der Waals surface area contributed by atoms with E-state index in [1.807, 2.05) is 20.8 Å². The van der Waals surface area contributed by atoms with Crippen molar-refractivity contribution in [2.24, 2.45) is 0 Å². The maximum Gasteiger partial charge on any atom is 0.407 e. The van der Waals surface area contributed by atoms with Crippen molar-refractivity contribution in [1.82, 2.24) is 10.3 Å². The Kier molecular flexibility index (Phi) is 5.73. The number of amides is 1. The van der Waals surface area contributed by atoms with Gasteiger partial charge >= 0.3 is 6.09 Å². The molecule has 23 heavy (non-hydrogen) atoms. The van der Waals surface area contributed by atoms with Gasteiger partial charge in [-0.05, 0) is 62.4 Å². The molecule has 1 fully saturated rings. The van der Waals surface area contributed by atoms with E-state index in [1.165, 1.54) is 0 Å². The summed E-state index contributed by atoms with van der Waals surface area (Å²) < 4.78 is 6.17. The molecule has 4 N–H and O–H groups in total. The molecule has 0 aromatic carbocycles. The van der Waals surface area contributed by atoms with Gasteiger partial charge in [-0.25, -0.2) is 4.79 Å². The van der Waals surface area contributed by atoms with Crippen molar-refractivity contribution in [3.05, 3.63) is 16.9 Å². The number of pyridine rings is 1. The third kappa shape index (κ3) is 5.57. The molecule has 0 radical (unpaired) electrons. The summed E-state index contributed by atoms with van der Waals surface area (Å²) in [7, 11) is 0. The quantitative estimate of drug-likeness (QED) is 0.739. The van der Waals surface area contributed by atoms with Crippen molar-refractivity contribution >= 4 is 33.4 Å². The predicted molar refractivity (Wildman–Crippen MR) is 95.4 cm³/mol. The summed E-state index contributed by atoms with van der Waals surface area (Å²) in [6, 6.07) is 0.364. The van der Waals surface area contributed by atoms with Crippen LogP contribution < -0.4 is 16.4 Å². The molecule has 1 saturated carbocycles. The van der Waals surface area contributed by atoms with Crippen LogP contribution in [0.4, 0.5) is 16.2 Å². The summed E-state index contributed by atoms with van der Waals surface area (Å²) in [6.07, 6.45) is 6.89. The Morgan fingerprint density at radius 1 is 1.35 bits per heavy atom. The molecule has 7 heteroatoms. The minimum atomic E-state index is -0.479. The molecule has 1 aromatic rings. The van der Waals surface area contributed by atoms with E-state index in [-0.39, 0.29) is 18.2 Å². The van der Waals surface area contributed by atoms with Crippen molar-refractivity contribution in [1.29, 1.82) is 0 Å². The van der Waals surface area contributed by atoms with Crippen LogP contribution in [0, 0.1) is 0 Å². The average molecular weight is 385 g/mol. The zero-order chi connectivity index (χ0) is 17.0. The Bertz CT molecular complexity index is 539. The SMILES string of the molecule is CC(C)(C)OC(=O)N[C@@H]1CCC[C@H](Nc2c(N)cncc2Br)C1. The lowest BCUT2D eigenvalue weighted by Gasteiger charge is -2.32. The van der Waals surface area contributed by atoms with Gasteiger partial charge in [0.2, 0.25) is 0 Å². The highest BCUT2D eigenvalue weighted by atomic mass is 79.9. The maximum absolute atomic E-state index is 11.9. The Balaban J connectivity index is 1.92. The Labute approximate surface area is 145 Å². The van der Waals surface area contributed by atoms with Gasteiger partial charge in [-0.15, -0.1) is 0 Å². The number of hydrogen-bond acceptors (Lipinski definition) is 5. The number of ether oxygens (including phenoxy) is 1. The van der Waals surface area contributed by atoms with Crippen molar-refractivity contribution in [2.75, 3.05) is 11.1 Å². The van der Waals surface area contributed by atoms with Crippen LogP contribution in [0.2, 0.25) is 0 Å². The Morgan fingerprint density at radius 3 is 2.70 bits per heavy atom. The van der Waals surface area contributed by atoms with Crippen LogP contribution in [0.15, 0.2) is 16.9 Å². The van der Waals surface area contributed by atoms with Gasteiger partial charge in [0.1, 0.15) is 5.60 Å². The molecule has 6 nitrogen and oxygen atoms in total. The number of nitrogens with two attached hydrogens (primary N) is 1. The van der Waals surface area contributed by atoms with Crippen molar-refractivity contribution in [3.63, 3.8) is 0 Å². The van der Waals surface area contributed by atoms with Gasteiger partial charge in [0.25, 0.3) is 0 Å². The fraction of sp³-hybridized carbons (Fsp3) is 0.625. The number of nitrogens with one attached hydrogen (secondary N) is 2. The molecule has 2 atom stereocenters. The monoisotopic (exact) mass is 384 g/mol. The summed E-state index contributed by atoms with van der Waals surface area (Å²) in [4.78, 5) is 16.0. The van der Waals surface area contributed by atoms with Gasteiger partial charge in [-0.1, -0.05) is 0 Å². The number of aromatic nitrogens is 1. The van der Waals surface area contributed by atoms with Crippen molar-refractivity contribution < 1.29 is 9.53 Å². The standard InChI is InChI=1S/C16H25BrN4O2/c1-16(2,3)23-15(22)21-11-6-4-5-10(7-11)20-14-12(17)8-19-9-13(14)18/h8-11H,4-7,18H2,1-3H3,(H,19,20)(H,21,22)/t10-,11+/m0/s1. The van der Waals surface area contributed by atoms with Gasteiger partial charge in [-0.2, -0.15) is 0 Å². The number of anilines is 2. The smallest absolute Gasteiger partial charge is 0.407 e. The highest BCUT2D eigenvalue weighted by molar-refractivity contribution is 9.10. The van der Waals surface area contributed by atoms with E-state index in [1.54, 1.807) is 12.4 Å². The number of carbonyl (C=O) groups excluding carboxylic acids is 1. The third-order valence-electron chi connectivity index (χ3n) is 3.67. The van der Waals surface area contributed by atoms with Crippen LogP contribution in [0.1, 0.15) is 46.5 Å². The minimum Gasteiger partial charge on any atom is -0.444 e. The largest absolute Gasteiger partial charge is 0.444 e. The zero-order valence-electron chi connectivity index (χ0n) is 13.9. The van der Waals surface area contributed by atoms with E-state index in [2.05, 4.69) is 31.5 Å². The summed E-state index contributed by atoms with van der Waals surface area (Å²) in [6.45, 7) is 5.59. The van der Waals surface area contributed by atoms with E-state index in [9.17, 15) is 4.79 Å². The molecule has 128 valence electrons. The second kappa shape index (κ2) is 7.38. The number of hydrogen-bond donors (Lipinski definition) is 3. The van der Waals surface area contributed by atoms with Crippen molar-refractivity contribution in [2.45, 2.75) is 64.1 Å². The Morgan fingerprint density at radius 2 is 2.04 bits per heavy atom. The Hall–Kier alpha value is -1.50. The van der Waals surface area contributed by atoms with E-state index in [0.29, 0.717) is 5.69 Å². The fourth-order valence-corrected chi connectivity index (χ4v) is 3.19. The van der Waals surface area contributed by atoms with Gasteiger partial charge in [0.15, 0.2) is 0 Å². The molecular weight excluding hydrogens is 360 g/mol. The average Bonchev–Trinajstić information content (AvgIpc) is 2.41. The van der Waals surface area contributed by atoms with Crippen molar-refractivity contribution in [3.8, 4) is 0 Å². The predicted octanol–water partition coefficient (Wildman–Crippen LogP) is 3.67. The molecule has 1 amide bonds. The number of alkyl carbamates (subject to hydrolysis) is 1. The lowest BCUT2D eigenvalue weighted by molar-refractivity contribution is 0.0492. The first-order chi connectivity index (χ1) is 10.7. The van der Waals surface area contributed by atoms with E-state index in [4.69, 9.17) is 10.5 Å². The summed E-state index contributed by atoms with van der Waals surface area (Å²) in [5.41, 5.74) is 6.98. The first-order valence-electron chi connectivity index (χ1n) is 7.89. The number of carbonyl (C=O) groups is 1. The molecule has 1 heterocycles. The number of rotatable bonds is 3. The molecular formula is C16H25BrN4O2. The first-order valence-corrected chi connectivity index (χ1v) is 8.69. The second-order valence-electron chi connectivity index (χ2n) is 6.94. The van der Waals surface area contributed by atoms with E-state index < -0.39 is 5.60 Å². The van der Waals surface area contributed by atoms with Gasteiger partial charge in [0.05, 0.1) is 22.0 Å². The van der Waals surface area contributed by atoms with Crippen LogP contribution in [-0.4, -0.2) is 28.8 Å². The molecule has 0 spiro atoms. The molecule has 1 aliphatic carbocycles. The lowest BCUT2D eigenvalue weighted by Crippen LogP contribution is -2.43. The maximum atomic E-state index is 11.9. The molecule has 1 aliphatic rings. The molecule has 0 bridgehead atoms. The molecule has 1 aromatic heterocycles. The van der Waals surface area contributed by atoms with Crippen LogP contribution in [-0.2, 0) is 4.74 Å². The second-order valence-corrected chi connectivity index (χ2v) is 7.79. The molecule has 0 aliphatic heterocycles. The highest BCUT2D eigenvalue weighted by Gasteiger charge is 2.26. The van der Waals surface area contributed by atoms with Crippen LogP contribution in [0.5, 0.6) is 0 Å². The fourth-order valence-electron chi connectivity index (χ4n) is 2.73. The number of nitrogens with zero attached hydrogens (tertiary/aromatic N) is 1. The highest BCUT2D eigenvalue weighted by Crippen LogP contribution is 2.30. The van der Waals surface area contributed by atoms with Gasteiger partial charge in [-0.3, -0.25) is 4.98 Å². The van der Waals surface area contributed by atoms with Crippen LogP contribution in [0.3, 0.4) is 0 Å². The zero-order valence-corrected chi connectivity index (χ0v) is 15.4. The third-order valence-corrected chi connectivity index (χ3v) is 4.27. The lowest BCUT2D eigenvalue weighted by atomic mass is 9.91. The minimum absolute atomic E-state index is 0.109. The van der Waals surface area contributed by atoms with Crippen LogP contribution in [0.25, 0.3) is 0 Å². The summed E-state index contributed by atoms with van der Waals surface area (Å²) >= 11 is 3.47. The van der Waals surface area contributed by atoms with Gasteiger partial charge in [0, 0.05) is 18.3 Å². The molecule has 0 unspecified atom stereocenters. The molecule has 0 saturated heterocycles. The van der Waals surface area contributed by atoms with E-state index >= 15 is 0 Å². The summed E-state index contributed by atoms with van der Waals surface area (Å²) in [5.74, 6) is 0. The topological polar surface area (TPSA) is 89.3 Å². The molecule has 2 rings (SSSR count). The number of halogens is 1. The summed E-state index contributed by atoms with van der Waals surface area (Å²) in [5, 5.41) is 6.43. The van der Waals surface area contributed by atoms with Gasteiger partial charge < -0.3 is 21.1 Å². The normalized spacial score (nSPS) is 21.6. The van der Waals surface area contributed by atoms with Crippen LogP contribution >= 0.6 is 15.9 Å².